The summed E-state index contributed by atoms with van der Waals surface area (Å²) in [6.45, 7) is 5.15. The lowest BCUT2D eigenvalue weighted by molar-refractivity contribution is 0.390. The molecule has 0 aromatic carbocycles. The van der Waals surface area contributed by atoms with Crippen LogP contribution in [0.3, 0.4) is 0 Å². The monoisotopic (exact) mass is 240 g/mol. The summed E-state index contributed by atoms with van der Waals surface area (Å²) < 4.78 is 5.28. The molecule has 2 atom stereocenters. The second-order valence-electron chi connectivity index (χ2n) is 4.87. The van der Waals surface area contributed by atoms with Gasteiger partial charge in [-0.15, -0.1) is 0 Å². The third kappa shape index (κ3) is 1.68. The third-order valence-electron chi connectivity index (χ3n) is 3.69. The fraction of sp³-hybridized carbons (Fsp3) is 0.583. The number of nitrogens with two attached hydrogens (primary N) is 1. The van der Waals surface area contributed by atoms with Gasteiger partial charge in [-0.3, -0.25) is 0 Å². The first-order chi connectivity index (χ1) is 7.52. The zero-order chi connectivity index (χ0) is 11.9. The minimum absolute atomic E-state index is 0.234. The first-order valence-electron chi connectivity index (χ1n) is 5.43. The lowest BCUT2D eigenvalue weighted by Gasteiger charge is -2.08. The normalized spacial score (nSPS) is 26.6. The van der Waals surface area contributed by atoms with Gasteiger partial charge in [0.2, 0.25) is 5.88 Å². The highest BCUT2D eigenvalue weighted by atomic mass is 35.5. The van der Waals surface area contributed by atoms with Gasteiger partial charge in [-0.25, -0.2) is 4.98 Å². The van der Waals surface area contributed by atoms with Crippen molar-refractivity contribution in [1.82, 2.24) is 4.98 Å². The van der Waals surface area contributed by atoms with Crippen LogP contribution in [0.25, 0.3) is 0 Å². The highest BCUT2D eigenvalue weighted by Crippen LogP contribution is 2.65. The standard InChI is InChI=1S/C12H17ClN2O/c1-12(2)8(6-14)10(12)7-4-5-9(13)15-11(7)16-3/h4-5,8,10H,6,14H2,1-3H3/t8-,10-/m1/s1. The van der Waals surface area contributed by atoms with Crippen molar-refractivity contribution in [1.29, 1.82) is 0 Å². The number of pyridine rings is 1. The molecule has 0 bridgehead atoms. The molecule has 1 fully saturated rings. The molecular weight excluding hydrogens is 224 g/mol. The van der Waals surface area contributed by atoms with Crippen molar-refractivity contribution >= 4 is 11.6 Å². The molecule has 2 N–H and O–H groups in total. The van der Waals surface area contributed by atoms with Gasteiger partial charge in [0.1, 0.15) is 5.15 Å². The molecule has 4 heteroatoms. The molecule has 3 nitrogen and oxygen atoms in total. The van der Waals surface area contributed by atoms with Crippen LogP contribution in [0, 0.1) is 11.3 Å². The molecule has 0 radical (unpaired) electrons. The summed E-state index contributed by atoms with van der Waals surface area (Å²) in [5.41, 5.74) is 7.12. The zero-order valence-corrected chi connectivity index (χ0v) is 10.6. The molecule has 1 aliphatic carbocycles. The van der Waals surface area contributed by atoms with E-state index in [1.807, 2.05) is 6.07 Å². The van der Waals surface area contributed by atoms with E-state index in [1.165, 1.54) is 0 Å². The van der Waals surface area contributed by atoms with Crippen LogP contribution in [0.5, 0.6) is 5.88 Å². The van der Waals surface area contributed by atoms with Gasteiger partial charge in [-0.2, -0.15) is 0 Å². The van der Waals surface area contributed by atoms with Crippen molar-refractivity contribution in [3.63, 3.8) is 0 Å². The van der Waals surface area contributed by atoms with Crippen molar-refractivity contribution in [2.24, 2.45) is 17.1 Å². The van der Waals surface area contributed by atoms with E-state index >= 15 is 0 Å². The average molecular weight is 241 g/mol. The van der Waals surface area contributed by atoms with Gasteiger partial charge in [0.15, 0.2) is 0 Å². The van der Waals surface area contributed by atoms with E-state index in [0.717, 1.165) is 5.56 Å². The summed E-state index contributed by atoms with van der Waals surface area (Å²) in [6, 6.07) is 3.80. The molecule has 16 heavy (non-hydrogen) atoms. The molecule has 0 unspecified atom stereocenters. The van der Waals surface area contributed by atoms with Crippen molar-refractivity contribution < 1.29 is 4.74 Å². The molecule has 1 aromatic rings. The maximum Gasteiger partial charge on any atom is 0.217 e. The first kappa shape index (κ1) is 11.7. The number of halogens is 1. The fourth-order valence-electron chi connectivity index (χ4n) is 2.63. The van der Waals surface area contributed by atoms with Crippen molar-refractivity contribution in [2.75, 3.05) is 13.7 Å². The molecule has 0 saturated heterocycles. The lowest BCUT2D eigenvalue weighted by atomic mass is 10.0. The van der Waals surface area contributed by atoms with Gasteiger partial charge in [0.05, 0.1) is 7.11 Å². The Morgan fingerprint density at radius 1 is 1.50 bits per heavy atom. The van der Waals surface area contributed by atoms with Gasteiger partial charge in [-0.05, 0) is 29.9 Å². The summed E-state index contributed by atoms with van der Waals surface area (Å²) in [6.07, 6.45) is 0. The van der Waals surface area contributed by atoms with E-state index in [-0.39, 0.29) is 5.41 Å². The molecular formula is C12H17ClN2O. The second-order valence-corrected chi connectivity index (χ2v) is 5.26. The molecule has 88 valence electrons. The highest BCUT2D eigenvalue weighted by Gasteiger charge is 2.58. The van der Waals surface area contributed by atoms with Crippen LogP contribution >= 0.6 is 11.6 Å². The number of methoxy groups -OCH3 is 1. The topological polar surface area (TPSA) is 48.1 Å². The Kier molecular flexibility index (Phi) is 2.84. The molecule has 1 heterocycles. The number of rotatable bonds is 3. The molecule has 2 rings (SSSR count). The average Bonchev–Trinajstić information content (AvgIpc) is 2.80. The van der Waals surface area contributed by atoms with Gasteiger partial charge >= 0.3 is 0 Å². The summed E-state index contributed by atoms with van der Waals surface area (Å²) in [7, 11) is 1.62. The molecule has 0 amide bonds. The SMILES string of the molecule is COc1nc(Cl)ccc1[C@@H]1[C@@H](CN)C1(C)C. The largest absolute Gasteiger partial charge is 0.481 e. The Labute approximate surface area is 101 Å². The Hall–Kier alpha value is -0.800. The smallest absolute Gasteiger partial charge is 0.217 e. The van der Waals surface area contributed by atoms with Crippen LogP contribution in [0.4, 0.5) is 0 Å². The Bertz CT molecular complexity index is 406. The maximum absolute atomic E-state index is 5.85. The van der Waals surface area contributed by atoms with Crippen LogP contribution in [-0.2, 0) is 0 Å². The van der Waals surface area contributed by atoms with Crippen LogP contribution < -0.4 is 10.5 Å². The van der Waals surface area contributed by atoms with Gasteiger partial charge in [0.25, 0.3) is 0 Å². The van der Waals surface area contributed by atoms with E-state index < -0.39 is 0 Å². The fourth-order valence-corrected chi connectivity index (χ4v) is 2.77. The third-order valence-corrected chi connectivity index (χ3v) is 3.90. The van der Waals surface area contributed by atoms with Crippen molar-refractivity contribution in [3.05, 3.63) is 22.8 Å². The zero-order valence-electron chi connectivity index (χ0n) is 9.83. The maximum atomic E-state index is 5.85. The van der Waals surface area contributed by atoms with Crippen LogP contribution in [-0.4, -0.2) is 18.6 Å². The van der Waals surface area contributed by atoms with E-state index in [9.17, 15) is 0 Å². The Morgan fingerprint density at radius 2 is 2.19 bits per heavy atom. The van der Waals surface area contributed by atoms with Crippen molar-refractivity contribution in [3.8, 4) is 5.88 Å². The number of aromatic nitrogens is 1. The predicted molar refractivity (Wildman–Crippen MR) is 64.9 cm³/mol. The molecule has 0 aliphatic heterocycles. The van der Waals surface area contributed by atoms with Gasteiger partial charge in [-0.1, -0.05) is 31.5 Å². The number of nitrogens with zero attached hydrogens (tertiary/aromatic N) is 1. The minimum atomic E-state index is 0.234. The van der Waals surface area contributed by atoms with Gasteiger partial charge < -0.3 is 10.5 Å². The molecule has 0 spiro atoms. The first-order valence-corrected chi connectivity index (χ1v) is 5.80. The van der Waals surface area contributed by atoms with Crippen LogP contribution in [0.15, 0.2) is 12.1 Å². The predicted octanol–water partition coefficient (Wildman–Crippen LogP) is 2.44. The quantitative estimate of drug-likeness (QED) is 0.826. The molecule has 1 aliphatic rings. The summed E-state index contributed by atoms with van der Waals surface area (Å²) in [5, 5.41) is 0.461. The number of ether oxygens (including phenoxy) is 1. The summed E-state index contributed by atoms with van der Waals surface area (Å²) >= 11 is 5.85. The van der Waals surface area contributed by atoms with E-state index in [4.69, 9.17) is 22.1 Å². The van der Waals surface area contributed by atoms with Crippen LogP contribution in [0.1, 0.15) is 25.3 Å². The Balaban J connectivity index is 2.35. The van der Waals surface area contributed by atoms with E-state index in [1.54, 1.807) is 13.2 Å². The summed E-state index contributed by atoms with van der Waals surface area (Å²) in [4.78, 5) is 4.19. The minimum Gasteiger partial charge on any atom is -0.481 e. The lowest BCUT2D eigenvalue weighted by Crippen LogP contribution is -2.05. The van der Waals surface area contributed by atoms with E-state index in [2.05, 4.69) is 18.8 Å². The summed E-state index contributed by atoms with van der Waals surface area (Å²) in [5.74, 6) is 1.56. The number of hydrogen-bond donors (Lipinski definition) is 1. The van der Waals surface area contributed by atoms with Crippen molar-refractivity contribution in [2.45, 2.75) is 19.8 Å². The number of hydrogen-bond acceptors (Lipinski definition) is 3. The van der Waals surface area contributed by atoms with E-state index in [0.29, 0.717) is 29.4 Å². The van der Waals surface area contributed by atoms with Crippen LogP contribution in [0.2, 0.25) is 5.15 Å². The Morgan fingerprint density at radius 3 is 2.69 bits per heavy atom. The molecule has 1 aromatic heterocycles. The second kappa shape index (κ2) is 3.90. The van der Waals surface area contributed by atoms with Gasteiger partial charge in [0, 0.05) is 5.56 Å². The molecule has 1 saturated carbocycles. The highest BCUT2D eigenvalue weighted by molar-refractivity contribution is 6.29.